The van der Waals surface area contributed by atoms with Crippen LogP contribution in [-0.4, -0.2) is 11.2 Å². The second-order valence-electron chi connectivity index (χ2n) is 2.45. The Morgan fingerprint density at radius 3 is 2.36 bits per heavy atom. The molecule has 1 nitrogen and oxygen atoms in total. The third-order valence-corrected chi connectivity index (χ3v) is 1.84. The van der Waals surface area contributed by atoms with E-state index in [1.807, 2.05) is 0 Å². The molecule has 0 unspecified atom stereocenters. The summed E-state index contributed by atoms with van der Waals surface area (Å²) >= 11 is 9.81. The number of hydrogen-bond donors (Lipinski definition) is 0. The van der Waals surface area contributed by atoms with E-state index in [1.54, 1.807) is 0 Å². The maximum Gasteiger partial charge on any atom is 0.385 e. The Bertz CT molecular complexity index is 373. The summed E-state index contributed by atoms with van der Waals surface area (Å²) < 4.78 is 37.5. The molecule has 1 aromatic rings. The van der Waals surface area contributed by atoms with Gasteiger partial charge in [0.25, 0.3) is 5.78 Å². The first-order valence-corrected chi connectivity index (χ1v) is 4.14. The number of alkyl halides is 3. The molecule has 0 amide bonds. The lowest BCUT2D eigenvalue weighted by molar-refractivity contribution is 0.0531. The van der Waals surface area contributed by atoms with E-state index in [2.05, 4.69) is 11.6 Å². The molecule has 0 aliphatic heterocycles. The second kappa shape index (κ2) is 3.79. The number of ketones is 1. The van der Waals surface area contributed by atoms with Gasteiger partial charge in [-0.25, -0.2) is 4.39 Å². The van der Waals surface area contributed by atoms with E-state index < -0.39 is 22.5 Å². The molecule has 0 heterocycles. The number of halogens is 5. The van der Waals surface area contributed by atoms with E-state index in [9.17, 15) is 18.0 Å². The van der Waals surface area contributed by atoms with Crippen LogP contribution in [0.25, 0.3) is 0 Å². The number of carbonyl (C=O) groups is 1. The highest BCUT2D eigenvalue weighted by Gasteiger charge is 2.37. The average Bonchev–Trinajstić information content (AvgIpc) is 2.01. The van der Waals surface area contributed by atoms with E-state index in [-0.39, 0.29) is 5.02 Å². The lowest BCUT2D eigenvalue weighted by Crippen LogP contribution is -2.22. The molecular weight excluding hydrogens is 240 g/mol. The number of carbonyl (C=O) groups excluding carboxylic acids is 1. The highest BCUT2D eigenvalue weighted by molar-refractivity contribution is 6.35. The minimum absolute atomic E-state index is 0.0111. The first-order valence-electron chi connectivity index (χ1n) is 3.39. The molecule has 76 valence electrons. The van der Waals surface area contributed by atoms with Crippen LogP contribution >= 0.6 is 23.2 Å². The summed E-state index contributed by atoms with van der Waals surface area (Å²) in [5.41, 5.74) is -0.783. The summed E-state index contributed by atoms with van der Waals surface area (Å²) in [4.78, 5) is 10.8. The predicted molar refractivity (Wildman–Crippen MR) is 46.5 cm³/mol. The van der Waals surface area contributed by atoms with Crippen LogP contribution in [-0.2, 0) is 0 Å². The zero-order valence-electron chi connectivity index (χ0n) is 6.53. The van der Waals surface area contributed by atoms with E-state index in [0.29, 0.717) is 0 Å². The van der Waals surface area contributed by atoms with Gasteiger partial charge in [0.05, 0.1) is 5.56 Å². The van der Waals surface area contributed by atoms with Crippen LogP contribution in [0.15, 0.2) is 18.2 Å². The van der Waals surface area contributed by atoms with Crippen LogP contribution in [0.1, 0.15) is 10.4 Å². The molecular formula is C8H3Cl2F3O. The molecule has 14 heavy (non-hydrogen) atoms. The van der Waals surface area contributed by atoms with Crippen molar-refractivity contribution in [3.8, 4) is 0 Å². The van der Waals surface area contributed by atoms with Crippen molar-refractivity contribution in [3.63, 3.8) is 0 Å². The van der Waals surface area contributed by atoms with E-state index in [0.717, 1.165) is 18.2 Å². The van der Waals surface area contributed by atoms with Crippen molar-refractivity contribution in [1.29, 1.82) is 0 Å². The molecule has 1 rings (SSSR count). The summed E-state index contributed by atoms with van der Waals surface area (Å²) in [6.07, 6.45) is 0. The number of Topliss-reactive ketones (excluding diaryl/α,β-unsaturated/α-hetero) is 1. The van der Waals surface area contributed by atoms with Crippen molar-refractivity contribution in [2.24, 2.45) is 0 Å². The second-order valence-corrected chi connectivity index (χ2v) is 3.36. The van der Waals surface area contributed by atoms with Crippen LogP contribution in [0.3, 0.4) is 0 Å². The van der Waals surface area contributed by atoms with Gasteiger partial charge in [0.15, 0.2) is 0 Å². The molecule has 0 atom stereocenters. The zero-order chi connectivity index (χ0) is 10.9. The van der Waals surface area contributed by atoms with Crippen molar-refractivity contribution < 1.29 is 18.0 Å². The van der Waals surface area contributed by atoms with Crippen molar-refractivity contribution in [2.45, 2.75) is 5.38 Å². The van der Waals surface area contributed by atoms with Gasteiger partial charge in [0.1, 0.15) is 5.82 Å². The SMILES string of the molecule is O=C(c1ccc(Cl)cc1F)C(F)(F)Cl. The first-order chi connectivity index (χ1) is 6.32. The van der Waals surface area contributed by atoms with E-state index in [1.165, 1.54) is 0 Å². The molecule has 0 aromatic heterocycles. The summed E-state index contributed by atoms with van der Waals surface area (Å²) in [7, 11) is 0. The fourth-order valence-electron chi connectivity index (χ4n) is 0.826. The Hall–Kier alpha value is -0.740. The third-order valence-electron chi connectivity index (χ3n) is 1.43. The standard InChI is InChI=1S/C8H3Cl2F3O/c9-4-1-2-5(6(11)3-4)7(14)8(10,12)13/h1-3H. The quantitative estimate of drug-likeness (QED) is 0.573. The summed E-state index contributed by atoms with van der Waals surface area (Å²) in [5.74, 6) is -2.91. The van der Waals surface area contributed by atoms with Crippen LogP contribution in [0.2, 0.25) is 5.02 Å². The maximum atomic E-state index is 12.9. The molecule has 0 spiro atoms. The fourth-order valence-corrected chi connectivity index (χ4v) is 1.09. The molecule has 1 aromatic carbocycles. The lowest BCUT2D eigenvalue weighted by atomic mass is 10.1. The Labute approximate surface area is 87.4 Å². The van der Waals surface area contributed by atoms with Gasteiger partial charge in [-0.1, -0.05) is 11.6 Å². The van der Waals surface area contributed by atoms with Gasteiger partial charge in [-0.15, -0.1) is 0 Å². The highest BCUT2D eigenvalue weighted by Crippen LogP contribution is 2.26. The molecule has 0 N–H and O–H groups in total. The number of benzene rings is 1. The molecule has 0 saturated carbocycles. The van der Waals surface area contributed by atoms with Gasteiger partial charge in [-0.2, -0.15) is 8.78 Å². The van der Waals surface area contributed by atoms with Crippen molar-refractivity contribution >= 4 is 29.0 Å². The molecule has 0 bridgehead atoms. The van der Waals surface area contributed by atoms with Crippen LogP contribution in [0, 0.1) is 5.82 Å². The van der Waals surface area contributed by atoms with Crippen LogP contribution < -0.4 is 0 Å². The predicted octanol–water partition coefficient (Wildman–Crippen LogP) is 3.49. The minimum Gasteiger partial charge on any atom is -0.286 e. The first kappa shape index (κ1) is 11.3. The normalized spacial score (nSPS) is 11.5. The minimum atomic E-state index is -4.10. The van der Waals surface area contributed by atoms with Gasteiger partial charge in [-0.3, -0.25) is 4.79 Å². The monoisotopic (exact) mass is 242 g/mol. The van der Waals surface area contributed by atoms with Gasteiger partial charge in [-0.05, 0) is 29.8 Å². The summed E-state index contributed by atoms with van der Waals surface area (Å²) in [6, 6.07) is 2.74. The Kier molecular flexibility index (Phi) is 3.07. The number of hydrogen-bond acceptors (Lipinski definition) is 1. The Balaban J connectivity index is 3.15. The zero-order valence-corrected chi connectivity index (χ0v) is 8.04. The van der Waals surface area contributed by atoms with Crippen LogP contribution in [0.4, 0.5) is 13.2 Å². The maximum absolute atomic E-state index is 12.9. The molecule has 6 heteroatoms. The Morgan fingerprint density at radius 2 is 1.93 bits per heavy atom. The average molecular weight is 243 g/mol. The largest absolute Gasteiger partial charge is 0.385 e. The summed E-state index contributed by atoms with van der Waals surface area (Å²) in [5, 5.41) is -4.09. The topological polar surface area (TPSA) is 17.1 Å². The van der Waals surface area contributed by atoms with E-state index >= 15 is 0 Å². The van der Waals surface area contributed by atoms with Gasteiger partial charge in [0.2, 0.25) is 0 Å². The molecule has 0 aliphatic carbocycles. The van der Waals surface area contributed by atoms with Crippen molar-refractivity contribution in [1.82, 2.24) is 0 Å². The Morgan fingerprint density at radius 1 is 1.36 bits per heavy atom. The van der Waals surface area contributed by atoms with Gasteiger partial charge in [0, 0.05) is 5.02 Å². The number of rotatable bonds is 2. The smallest absolute Gasteiger partial charge is 0.286 e. The lowest BCUT2D eigenvalue weighted by Gasteiger charge is -2.07. The molecule has 0 saturated heterocycles. The molecule has 0 aliphatic rings. The van der Waals surface area contributed by atoms with Gasteiger partial charge >= 0.3 is 5.38 Å². The van der Waals surface area contributed by atoms with Crippen molar-refractivity contribution in [2.75, 3.05) is 0 Å². The molecule has 0 fully saturated rings. The third kappa shape index (κ3) is 2.39. The molecule has 0 radical (unpaired) electrons. The van der Waals surface area contributed by atoms with Crippen molar-refractivity contribution in [3.05, 3.63) is 34.6 Å². The highest BCUT2D eigenvalue weighted by atomic mass is 35.5. The van der Waals surface area contributed by atoms with E-state index in [4.69, 9.17) is 11.6 Å². The fraction of sp³-hybridized carbons (Fsp3) is 0.125. The summed E-state index contributed by atoms with van der Waals surface area (Å²) in [6.45, 7) is 0. The van der Waals surface area contributed by atoms with Gasteiger partial charge < -0.3 is 0 Å². The van der Waals surface area contributed by atoms with Crippen LogP contribution in [0.5, 0.6) is 0 Å².